The molecule has 0 aliphatic rings. The van der Waals surface area contributed by atoms with E-state index in [1.54, 1.807) is 6.07 Å². The minimum Gasteiger partial charge on any atom is -0.166 e. The number of halogens is 3. The van der Waals surface area contributed by atoms with Crippen molar-refractivity contribution in [1.29, 1.82) is 0 Å². The molecule has 124 valence electrons. The molecule has 0 unspecified atom stereocenters. The predicted octanol–water partition coefficient (Wildman–Crippen LogP) is 6.04. The fourth-order valence-corrected chi connectivity index (χ4v) is 3.57. The molecule has 0 fully saturated rings. The number of benzene rings is 3. The molecule has 1 heterocycles. The molecular formula is C19H11F3N2S. The number of alkyl halides is 3. The van der Waals surface area contributed by atoms with E-state index < -0.39 is 11.7 Å². The van der Waals surface area contributed by atoms with Gasteiger partial charge in [0.15, 0.2) is 0 Å². The number of nitrogens with zero attached hydrogens (tertiary/aromatic N) is 2. The van der Waals surface area contributed by atoms with Crippen LogP contribution in [0.3, 0.4) is 0 Å². The second-order valence-electron chi connectivity index (χ2n) is 5.52. The molecule has 0 N–H and O–H groups in total. The summed E-state index contributed by atoms with van der Waals surface area (Å²) in [5.41, 5.74) is 0.197. The first kappa shape index (κ1) is 15.8. The van der Waals surface area contributed by atoms with E-state index in [0.29, 0.717) is 5.01 Å². The highest BCUT2D eigenvalue weighted by atomic mass is 32.1. The van der Waals surface area contributed by atoms with Gasteiger partial charge in [-0.1, -0.05) is 65.9 Å². The lowest BCUT2D eigenvalue weighted by Gasteiger charge is -2.09. The van der Waals surface area contributed by atoms with E-state index in [1.165, 1.54) is 12.1 Å². The lowest BCUT2D eigenvalue weighted by Crippen LogP contribution is -2.06. The van der Waals surface area contributed by atoms with E-state index in [4.69, 9.17) is 0 Å². The van der Waals surface area contributed by atoms with Crippen LogP contribution in [0.4, 0.5) is 13.2 Å². The van der Waals surface area contributed by atoms with Gasteiger partial charge in [0.25, 0.3) is 0 Å². The minimum atomic E-state index is -4.43. The first-order chi connectivity index (χ1) is 12.0. The summed E-state index contributed by atoms with van der Waals surface area (Å²) in [6, 6.07) is 19.2. The molecule has 0 saturated carbocycles. The largest absolute Gasteiger partial charge is 0.417 e. The third-order valence-electron chi connectivity index (χ3n) is 3.88. The van der Waals surface area contributed by atoms with Gasteiger partial charge in [0.1, 0.15) is 10.0 Å². The summed E-state index contributed by atoms with van der Waals surface area (Å²) in [7, 11) is 0. The number of hydrogen-bond acceptors (Lipinski definition) is 3. The van der Waals surface area contributed by atoms with E-state index in [2.05, 4.69) is 10.2 Å². The Balaban J connectivity index is 1.78. The maximum Gasteiger partial charge on any atom is 0.417 e. The fourth-order valence-electron chi connectivity index (χ4n) is 2.69. The summed E-state index contributed by atoms with van der Waals surface area (Å²) in [4.78, 5) is 0. The van der Waals surface area contributed by atoms with Crippen LogP contribution in [-0.2, 0) is 6.18 Å². The van der Waals surface area contributed by atoms with Crippen molar-refractivity contribution in [1.82, 2.24) is 10.2 Å². The molecule has 0 amide bonds. The molecule has 0 radical (unpaired) electrons. The number of fused-ring (bicyclic) bond motifs is 1. The van der Waals surface area contributed by atoms with Crippen LogP contribution in [0.2, 0.25) is 0 Å². The lowest BCUT2D eigenvalue weighted by atomic mass is 10.1. The van der Waals surface area contributed by atoms with Gasteiger partial charge in [0.05, 0.1) is 5.56 Å². The Kier molecular flexibility index (Phi) is 3.77. The molecule has 0 aliphatic heterocycles. The van der Waals surface area contributed by atoms with Crippen LogP contribution in [0.15, 0.2) is 66.7 Å². The lowest BCUT2D eigenvalue weighted by molar-refractivity contribution is -0.137. The maximum absolute atomic E-state index is 13.2. The third kappa shape index (κ3) is 3.00. The highest BCUT2D eigenvalue weighted by Crippen LogP contribution is 2.39. The van der Waals surface area contributed by atoms with Crippen LogP contribution in [0.5, 0.6) is 0 Å². The fraction of sp³-hybridized carbons (Fsp3) is 0.0526. The Labute approximate surface area is 145 Å². The number of aromatic nitrogens is 2. The monoisotopic (exact) mass is 356 g/mol. The standard InChI is InChI=1S/C19H11F3N2S/c20-19(21,22)16-8-4-3-7-15(16)18-24-23-17(25-18)14-10-9-12-5-1-2-6-13(12)11-14/h1-11H. The molecule has 2 nitrogen and oxygen atoms in total. The summed E-state index contributed by atoms with van der Waals surface area (Å²) >= 11 is 1.16. The maximum atomic E-state index is 13.2. The first-order valence-corrected chi connectivity index (χ1v) is 8.33. The van der Waals surface area contributed by atoms with Gasteiger partial charge in [-0.15, -0.1) is 10.2 Å². The van der Waals surface area contributed by atoms with Gasteiger partial charge in [-0.2, -0.15) is 13.2 Å². The zero-order valence-corrected chi connectivity index (χ0v) is 13.6. The molecule has 0 spiro atoms. The molecule has 0 bridgehead atoms. The topological polar surface area (TPSA) is 25.8 Å². The van der Waals surface area contributed by atoms with Gasteiger partial charge in [0.2, 0.25) is 0 Å². The van der Waals surface area contributed by atoms with Crippen LogP contribution in [0.1, 0.15) is 5.56 Å². The normalized spacial score (nSPS) is 11.8. The molecule has 6 heteroatoms. The van der Waals surface area contributed by atoms with Crippen LogP contribution >= 0.6 is 11.3 Å². The Bertz CT molecular complexity index is 1050. The van der Waals surface area contributed by atoms with Crippen molar-refractivity contribution in [2.45, 2.75) is 6.18 Å². The Morgan fingerprint density at radius 3 is 2.20 bits per heavy atom. The van der Waals surface area contributed by atoms with Gasteiger partial charge in [0, 0.05) is 11.1 Å². The quantitative estimate of drug-likeness (QED) is 0.437. The van der Waals surface area contributed by atoms with Gasteiger partial charge in [-0.25, -0.2) is 0 Å². The molecule has 0 aliphatic carbocycles. The van der Waals surface area contributed by atoms with Crippen molar-refractivity contribution < 1.29 is 13.2 Å². The zero-order valence-electron chi connectivity index (χ0n) is 12.8. The van der Waals surface area contributed by atoms with Gasteiger partial charge < -0.3 is 0 Å². The molecule has 3 aromatic carbocycles. The SMILES string of the molecule is FC(F)(F)c1ccccc1-c1nnc(-c2ccc3ccccc3c2)s1. The van der Waals surface area contributed by atoms with Crippen LogP contribution in [0.25, 0.3) is 31.9 Å². The Hall–Kier alpha value is -2.73. The van der Waals surface area contributed by atoms with Crippen molar-refractivity contribution in [3.8, 4) is 21.1 Å². The molecule has 0 atom stereocenters. The smallest absolute Gasteiger partial charge is 0.166 e. The van der Waals surface area contributed by atoms with Crippen molar-refractivity contribution in [3.05, 3.63) is 72.3 Å². The Morgan fingerprint density at radius 2 is 1.40 bits per heavy atom. The van der Waals surface area contributed by atoms with E-state index in [1.807, 2.05) is 42.5 Å². The van der Waals surface area contributed by atoms with Gasteiger partial charge in [-0.05, 0) is 22.9 Å². The highest BCUT2D eigenvalue weighted by Gasteiger charge is 2.34. The van der Waals surface area contributed by atoms with E-state index in [9.17, 15) is 13.2 Å². The Morgan fingerprint density at radius 1 is 0.720 bits per heavy atom. The van der Waals surface area contributed by atoms with E-state index in [0.717, 1.165) is 33.7 Å². The third-order valence-corrected chi connectivity index (χ3v) is 4.89. The second-order valence-corrected chi connectivity index (χ2v) is 6.50. The van der Waals surface area contributed by atoms with Gasteiger partial charge in [-0.3, -0.25) is 0 Å². The van der Waals surface area contributed by atoms with Crippen molar-refractivity contribution in [3.63, 3.8) is 0 Å². The zero-order chi connectivity index (χ0) is 17.4. The van der Waals surface area contributed by atoms with Crippen molar-refractivity contribution in [2.75, 3.05) is 0 Å². The molecule has 25 heavy (non-hydrogen) atoms. The summed E-state index contributed by atoms with van der Waals surface area (Å²) in [5, 5.41) is 11.1. The first-order valence-electron chi connectivity index (χ1n) is 7.52. The van der Waals surface area contributed by atoms with Gasteiger partial charge >= 0.3 is 6.18 Å². The summed E-state index contributed by atoms with van der Waals surface area (Å²) in [6.45, 7) is 0. The summed E-state index contributed by atoms with van der Waals surface area (Å²) in [5.74, 6) is 0. The average Bonchev–Trinajstić information content (AvgIpc) is 3.10. The van der Waals surface area contributed by atoms with Crippen molar-refractivity contribution >= 4 is 22.1 Å². The average molecular weight is 356 g/mol. The highest BCUT2D eigenvalue weighted by molar-refractivity contribution is 7.17. The molecule has 4 rings (SSSR count). The summed E-state index contributed by atoms with van der Waals surface area (Å²) < 4.78 is 39.6. The molecule has 0 saturated heterocycles. The van der Waals surface area contributed by atoms with E-state index >= 15 is 0 Å². The van der Waals surface area contributed by atoms with Crippen molar-refractivity contribution in [2.24, 2.45) is 0 Å². The van der Waals surface area contributed by atoms with Crippen LogP contribution < -0.4 is 0 Å². The number of hydrogen-bond donors (Lipinski definition) is 0. The van der Waals surface area contributed by atoms with Crippen LogP contribution in [0, 0.1) is 0 Å². The molecule has 4 aromatic rings. The molecule has 1 aromatic heterocycles. The number of rotatable bonds is 2. The minimum absolute atomic E-state index is 0.0551. The predicted molar refractivity (Wildman–Crippen MR) is 93.3 cm³/mol. The van der Waals surface area contributed by atoms with E-state index in [-0.39, 0.29) is 10.6 Å². The second kappa shape index (κ2) is 5.97. The molecular weight excluding hydrogens is 345 g/mol. The van der Waals surface area contributed by atoms with Crippen LogP contribution in [-0.4, -0.2) is 10.2 Å². The summed E-state index contributed by atoms with van der Waals surface area (Å²) in [6.07, 6.45) is -4.43.